The summed E-state index contributed by atoms with van der Waals surface area (Å²) in [7, 11) is 1.30. The highest BCUT2D eigenvalue weighted by Gasteiger charge is 2.19. The van der Waals surface area contributed by atoms with Gasteiger partial charge in [0.25, 0.3) is 0 Å². The van der Waals surface area contributed by atoms with Crippen molar-refractivity contribution in [1.82, 2.24) is 14.8 Å². The van der Waals surface area contributed by atoms with Gasteiger partial charge >= 0.3 is 5.97 Å². The molecule has 1 N–H and O–H groups in total. The van der Waals surface area contributed by atoms with Gasteiger partial charge in [-0.2, -0.15) is 0 Å². The van der Waals surface area contributed by atoms with Crippen molar-refractivity contribution in [2.24, 2.45) is 0 Å². The number of thiophene rings is 1. The van der Waals surface area contributed by atoms with Crippen molar-refractivity contribution in [3.8, 4) is 5.75 Å². The predicted molar refractivity (Wildman–Crippen MR) is 130 cm³/mol. The fourth-order valence-corrected chi connectivity index (χ4v) is 4.83. The molecule has 3 aromatic rings. The molecule has 1 amide bonds. The maximum atomic E-state index is 12.5. The van der Waals surface area contributed by atoms with Crippen LogP contribution in [0.15, 0.2) is 42.1 Å². The van der Waals surface area contributed by atoms with E-state index in [1.54, 1.807) is 24.3 Å². The standard InChI is InChI=1S/C22H23ClN4O4S2/c1-5-8-27-18(11-31-17-7-6-15(23)9-13(17)2)25-26-22(27)32-12-19(28)24-20-16(21(29)30-4)10-14(3)33-20/h5-7,9-10H,1,8,11-12H2,2-4H3,(H,24,28). The number of aryl methyl sites for hydroxylation is 2. The first-order valence-corrected chi connectivity index (χ1v) is 12.0. The number of rotatable bonds is 10. The molecule has 0 aliphatic carbocycles. The normalized spacial score (nSPS) is 10.7. The fourth-order valence-electron chi connectivity index (χ4n) is 2.92. The lowest BCUT2D eigenvalue weighted by molar-refractivity contribution is -0.113. The summed E-state index contributed by atoms with van der Waals surface area (Å²) in [5.41, 5.74) is 1.25. The summed E-state index contributed by atoms with van der Waals surface area (Å²) in [6.45, 7) is 8.22. The summed E-state index contributed by atoms with van der Waals surface area (Å²) in [5.74, 6) is 0.635. The van der Waals surface area contributed by atoms with E-state index >= 15 is 0 Å². The van der Waals surface area contributed by atoms with Gasteiger partial charge in [0.2, 0.25) is 5.91 Å². The Kier molecular flexibility index (Phi) is 8.54. The van der Waals surface area contributed by atoms with Crippen molar-refractivity contribution < 1.29 is 19.1 Å². The molecule has 1 aromatic carbocycles. The number of hydrogen-bond acceptors (Lipinski definition) is 8. The first kappa shape index (κ1) is 24.8. The van der Waals surface area contributed by atoms with Crippen LogP contribution in [0.25, 0.3) is 0 Å². The van der Waals surface area contributed by atoms with Crippen LogP contribution < -0.4 is 10.1 Å². The molecule has 33 heavy (non-hydrogen) atoms. The maximum absolute atomic E-state index is 12.5. The quantitative estimate of drug-likeness (QED) is 0.237. The van der Waals surface area contributed by atoms with Gasteiger partial charge < -0.3 is 14.8 Å². The minimum Gasteiger partial charge on any atom is -0.485 e. The number of methoxy groups -OCH3 is 1. The number of hydrogen-bond donors (Lipinski definition) is 1. The average Bonchev–Trinajstić information content (AvgIpc) is 3.34. The number of aromatic nitrogens is 3. The zero-order valence-electron chi connectivity index (χ0n) is 18.4. The number of nitrogens with zero attached hydrogens (tertiary/aromatic N) is 3. The zero-order chi connectivity index (χ0) is 24.0. The van der Waals surface area contributed by atoms with Crippen molar-refractivity contribution in [2.75, 3.05) is 18.2 Å². The van der Waals surface area contributed by atoms with E-state index in [9.17, 15) is 9.59 Å². The largest absolute Gasteiger partial charge is 0.485 e. The molecule has 0 aliphatic rings. The van der Waals surface area contributed by atoms with Crippen LogP contribution in [0, 0.1) is 13.8 Å². The number of anilines is 1. The predicted octanol–water partition coefficient (Wildman–Crippen LogP) is 4.89. The minimum absolute atomic E-state index is 0.0873. The monoisotopic (exact) mass is 506 g/mol. The van der Waals surface area contributed by atoms with Crippen LogP contribution in [0.2, 0.25) is 5.02 Å². The van der Waals surface area contributed by atoms with E-state index < -0.39 is 5.97 Å². The number of carbonyl (C=O) groups excluding carboxylic acids is 2. The van der Waals surface area contributed by atoms with Gasteiger partial charge in [-0.3, -0.25) is 9.36 Å². The highest BCUT2D eigenvalue weighted by Crippen LogP contribution is 2.29. The topological polar surface area (TPSA) is 95.3 Å². The van der Waals surface area contributed by atoms with E-state index in [4.69, 9.17) is 21.1 Å². The SMILES string of the molecule is C=CCn1c(COc2ccc(Cl)cc2C)nnc1SCC(=O)Nc1sc(C)cc1C(=O)OC. The molecule has 0 atom stereocenters. The summed E-state index contributed by atoms with van der Waals surface area (Å²) < 4.78 is 12.5. The Morgan fingerprint density at radius 2 is 2.09 bits per heavy atom. The molecule has 0 fully saturated rings. The number of nitrogens with one attached hydrogen (secondary N) is 1. The van der Waals surface area contributed by atoms with E-state index in [0.717, 1.165) is 10.4 Å². The number of allylic oxidation sites excluding steroid dienone is 1. The fraction of sp³-hybridized carbons (Fsp3) is 0.273. The molecule has 0 aliphatic heterocycles. The number of benzene rings is 1. The Morgan fingerprint density at radius 3 is 2.79 bits per heavy atom. The van der Waals surface area contributed by atoms with Crippen LogP contribution in [0.1, 0.15) is 26.6 Å². The number of amides is 1. The second kappa shape index (κ2) is 11.4. The summed E-state index contributed by atoms with van der Waals surface area (Å²) in [4.78, 5) is 25.3. The van der Waals surface area contributed by atoms with E-state index in [1.165, 1.54) is 30.2 Å². The summed E-state index contributed by atoms with van der Waals surface area (Å²) in [5, 5.41) is 12.9. The number of ether oxygens (including phenoxy) is 2. The Bertz CT molecular complexity index is 1180. The molecule has 0 saturated carbocycles. The molecule has 3 rings (SSSR count). The maximum Gasteiger partial charge on any atom is 0.340 e. The molecule has 2 heterocycles. The Hall–Kier alpha value is -2.82. The molecule has 0 bridgehead atoms. The molecule has 0 unspecified atom stereocenters. The molecule has 174 valence electrons. The van der Waals surface area contributed by atoms with Crippen molar-refractivity contribution in [2.45, 2.75) is 32.2 Å². The lowest BCUT2D eigenvalue weighted by Crippen LogP contribution is -2.16. The molecule has 8 nitrogen and oxygen atoms in total. The van der Waals surface area contributed by atoms with Gasteiger partial charge in [-0.15, -0.1) is 28.1 Å². The summed E-state index contributed by atoms with van der Waals surface area (Å²) in [6, 6.07) is 7.08. The van der Waals surface area contributed by atoms with Crippen LogP contribution in [-0.4, -0.2) is 39.5 Å². The molecule has 0 spiro atoms. The smallest absolute Gasteiger partial charge is 0.340 e. The average molecular weight is 507 g/mol. The zero-order valence-corrected chi connectivity index (χ0v) is 20.8. The second-order valence-corrected chi connectivity index (χ2v) is 9.56. The lowest BCUT2D eigenvalue weighted by atomic mass is 10.2. The first-order valence-electron chi connectivity index (χ1n) is 9.85. The van der Waals surface area contributed by atoms with Crippen LogP contribution in [0.5, 0.6) is 5.75 Å². The van der Waals surface area contributed by atoms with Crippen LogP contribution in [-0.2, 0) is 22.7 Å². The number of carbonyl (C=O) groups is 2. The molecule has 0 radical (unpaired) electrons. The van der Waals surface area contributed by atoms with Gasteiger partial charge in [-0.25, -0.2) is 4.79 Å². The van der Waals surface area contributed by atoms with Gasteiger partial charge in [-0.1, -0.05) is 29.4 Å². The highest BCUT2D eigenvalue weighted by atomic mass is 35.5. The molecular formula is C22H23ClN4O4S2. The van der Waals surface area contributed by atoms with E-state index in [-0.39, 0.29) is 18.3 Å². The van der Waals surface area contributed by atoms with Gasteiger partial charge in [-0.05, 0) is 43.7 Å². The minimum atomic E-state index is -0.492. The van der Waals surface area contributed by atoms with Crippen molar-refractivity contribution in [1.29, 1.82) is 0 Å². The van der Waals surface area contributed by atoms with Crippen molar-refractivity contribution in [3.05, 3.63) is 63.8 Å². The number of esters is 1. The van der Waals surface area contributed by atoms with Crippen LogP contribution in [0.3, 0.4) is 0 Å². The lowest BCUT2D eigenvalue weighted by Gasteiger charge is -2.11. The molecular weight excluding hydrogens is 484 g/mol. The van der Waals surface area contributed by atoms with E-state index in [2.05, 4.69) is 22.1 Å². The molecule has 11 heteroatoms. The molecule has 0 saturated heterocycles. The van der Waals surface area contributed by atoms with Gasteiger partial charge in [0.15, 0.2) is 11.0 Å². The number of halogens is 1. The Morgan fingerprint density at radius 1 is 1.30 bits per heavy atom. The highest BCUT2D eigenvalue weighted by molar-refractivity contribution is 7.99. The summed E-state index contributed by atoms with van der Waals surface area (Å²) >= 11 is 8.55. The van der Waals surface area contributed by atoms with Crippen molar-refractivity contribution in [3.63, 3.8) is 0 Å². The third-order valence-electron chi connectivity index (χ3n) is 4.44. The third kappa shape index (κ3) is 6.37. The van der Waals surface area contributed by atoms with E-state index in [0.29, 0.717) is 38.9 Å². The van der Waals surface area contributed by atoms with Gasteiger partial charge in [0.1, 0.15) is 17.4 Å². The number of thioether (sulfide) groups is 1. The van der Waals surface area contributed by atoms with Gasteiger partial charge in [0.05, 0.1) is 18.4 Å². The van der Waals surface area contributed by atoms with Crippen LogP contribution in [0.4, 0.5) is 5.00 Å². The van der Waals surface area contributed by atoms with Crippen molar-refractivity contribution >= 4 is 51.6 Å². The van der Waals surface area contributed by atoms with Gasteiger partial charge in [0, 0.05) is 16.4 Å². The Balaban J connectivity index is 1.65. The van der Waals surface area contributed by atoms with E-state index in [1.807, 2.05) is 24.5 Å². The van der Waals surface area contributed by atoms with Crippen LogP contribution >= 0.6 is 34.7 Å². The first-order chi connectivity index (χ1) is 15.8. The summed E-state index contributed by atoms with van der Waals surface area (Å²) in [6.07, 6.45) is 1.72. The second-order valence-electron chi connectivity index (χ2n) is 6.92. The third-order valence-corrected chi connectivity index (χ3v) is 6.61. The Labute approximate surface area is 204 Å². The molecule has 2 aromatic heterocycles.